The molecule has 0 spiro atoms. The molecule has 0 radical (unpaired) electrons. The van der Waals surface area contributed by atoms with Crippen LogP contribution < -0.4 is 10.6 Å². The number of benzene rings is 1. The molecule has 0 saturated carbocycles. The van der Waals surface area contributed by atoms with E-state index in [4.69, 9.17) is 5.41 Å². The number of rotatable bonds is 2. The van der Waals surface area contributed by atoms with E-state index in [9.17, 15) is 13.2 Å². The first-order valence-corrected chi connectivity index (χ1v) is 11.3. The van der Waals surface area contributed by atoms with Gasteiger partial charge >= 0.3 is 0 Å². The molecule has 1 saturated heterocycles. The summed E-state index contributed by atoms with van der Waals surface area (Å²) in [5.41, 5.74) is 2.69. The maximum Gasteiger partial charge on any atom is 0.274 e. The van der Waals surface area contributed by atoms with Crippen molar-refractivity contribution in [1.29, 1.82) is 5.41 Å². The number of pyridine rings is 1. The van der Waals surface area contributed by atoms with Gasteiger partial charge in [0, 0.05) is 18.9 Å². The number of aromatic nitrogens is 1. The lowest BCUT2D eigenvalue weighted by Crippen LogP contribution is -2.65. The highest BCUT2D eigenvalue weighted by atomic mass is 32.2. The van der Waals surface area contributed by atoms with Crippen molar-refractivity contribution in [3.05, 3.63) is 58.9 Å². The zero-order valence-corrected chi connectivity index (χ0v) is 18.0. The molecule has 1 fully saturated rings. The SMILES string of the molecule is Cc1ccc(C(=O)Nc2ccc3c(c2)[C@@]2(C)NC(=N)N(C)S(=O)(=O)C2CCC3)nc1. The number of carbonyl (C=O) groups is 1. The summed E-state index contributed by atoms with van der Waals surface area (Å²) in [6, 6.07) is 9.06. The molecule has 9 heteroatoms. The van der Waals surface area contributed by atoms with E-state index >= 15 is 0 Å². The van der Waals surface area contributed by atoms with Gasteiger partial charge in [-0.25, -0.2) is 12.7 Å². The Balaban J connectivity index is 1.73. The van der Waals surface area contributed by atoms with Gasteiger partial charge in [-0.3, -0.25) is 15.2 Å². The second-order valence-corrected chi connectivity index (χ2v) is 10.3. The van der Waals surface area contributed by atoms with Gasteiger partial charge in [-0.1, -0.05) is 12.1 Å². The summed E-state index contributed by atoms with van der Waals surface area (Å²) >= 11 is 0. The molecule has 2 heterocycles. The second kappa shape index (κ2) is 7.09. The van der Waals surface area contributed by atoms with Crippen LogP contribution in [0.25, 0.3) is 0 Å². The third kappa shape index (κ3) is 3.23. The molecule has 1 aliphatic carbocycles. The minimum absolute atomic E-state index is 0.153. The van der Waals surface area contributed by atoms with Crippen LogP contribution in [0.5, 0.6) is 0 Å². The quantitative estimate of drug-likeness (QED) is 0.681. The minimum Gasteiger partial charge on any atom is -0.345 e. The molecule has 3 N–H and O–H groups in total. The maximum absolute atomic E-state index is 13.1. The summed E-state index contributed by atoms with van der Waals surface area (Å²) in [5.74, 6) is -0.484. The normalized spacial score (nSPS) is 24.8. The first-order chi connectivity index (χ1) is 14.1. The lowest BCUT2D eigenvalue weighted by atomic mass is 9.85. The number of nitrogens with one attached hydrogen (secondary N) is 3. The average molecular weight is 428 g/mol. The Kier molecular flexibility index (Phi) is 4.80. The molecule has 0 bridgehead atoms. The van der Waals surface area contributed by atoms with E-state index in [2.05, 4.69) is 15.6 Å². The Hall–Kier alpha value is -2.94. The lowest BCUT2D eigenvalue weighted by Gasteiger charge is -2.46. The number of anilines is 1. The molecule has 1 aromatic heterocycles. The fourth-order valence-corrected chi connectivity index (χ4v) is 6.26. The van der Waals surface area contributed by atoms with Gasteiger partial charge < -0.3 is 10.6 Å². The van der Waals surface area contributed by atoms with Gasteiger partial charge in [0.05, 0.1) is 5.54 Å². The number of sulfonamides is 1. The van der Waals surface area contributed by atoms with Crippen LogP contribution in [0.1, 0.15) is 46.9 Å². The van der Waals surface area contributed by atoms with Gasteiger partial charge in [0.25, 0.3) is 5.91 Å². The van der Waals surface area contributed by atoms with Crippen molar-refractivity contribution in [2.45, 2.75) is 43.9 Å². The van der Waals surface area contributed by atoms with Crippen molar-refractivity contribution in [3.63, 3.8) is 0 Å². The molecule has 1 aromatic carbocycles. The summed E-state index contributed by atoms with van der Waals surface area (Å²) in [7, 11) is -2.27. The van der Waals surface area contributed by atoms with Crippen molar-refractivity contribution in [3.8, 4) is 0 Å². The number of guanidine groups is 1. The Morgan fingerprint density at radius 3 is 2.80 bits per heavy atom. The highest BCUT2D eigenvalue weighted by Crippen LogP contribution is 2.42. The van der Waals surface area contributed by atoms with Crippen molar-refractivity contribution < 1.29 is 13.2 Å². The van der Waals surface area contributed by atoms with Crippen LogP contribution in [0, 0.1) is 12.3 Å². The van der Waals surface area contributed by atoms with Crippen LogP contribution in [0.15, 0.2) is 36.5 Å². The molecule has 8 nitrogen and oxygen atoms in total. The molecule has 1 unspecified atom stereocenters. The first kappa shape index (κ1) is 20.3. The van der Waals surface area contributed by atoms with Gasteiger partial charge in [0.1, 0.15) is 10.9 Å². The van der Waals surface area contributed by atoms with E-state index in [0.29, 0.717) is 17.8 Å². The Bertz CT molecular complexity index is 1130. The van der Waals surface area contributed by atoms with Gasteiger partial charge in [-0.15, -0.1) is 0 Å². The van der Waals surface area contributed by atoms with Crippen LogP contribution in [-0.4, -0.2) is 41.9 Å². The Morgan fingerprint density at radius 2 is 2.10 bits per heavy atom. The summed E-state index contributed by atoms with van der Waals surface area (Å²) < 4.78 is 27.1. The molecule has 2 atom stereocenters. The van der Waals surface area contributed by atoms with Crippen LogP contribution in [0.3, 0.4) is 0 Å². The van der Waals surface area contributed by atoms with Gasteiger partial charge in [-0.05, 0) is 68.0 Å². The van der Waals surface area contributed by atoms with E-state index in [1.807, 2.05) is 38.1 Å². The molecule has 1 aliphatic heterocycles. The zero-order valence-electron chi connectivity index (χ0n) is 17.2. The molecule has 2 aliphatic rings. The maximum atomic E-state index is 13.1. The summed E-state index contributed by atoms with van der Waals surface area (Å²) in [5, 5.41) is 13.4. The molecule has 1 amide bonds. The summed E-state index contributed by atoms with van der Waals surface area (Å²) in [6.45, 7) is 3.73. The van der Waals surface area contributed by atoms with Gasteiger partial charge in [0.15, 0.2) is 0 Å². The average Bonchev–Trinajstić information content (AvgIpc) is 2.84. The highest BCUT2D eigenvalue weighted by molar-refractivity contribution is 7.90. The number of amides is 1. The number of hydrogen-bond donors (Lipinski definition) is 3. The smallest absolute Gasteiger partial charge is 0.274 e. The van der Waals surface area contributed by atoms with E-state index < -0.39 is 20.8 Å². The van der Waals surface area contributed by atoms with E-state index in [1.54, 1.807) is 12.3 Å². The second-order valence-electron chi connectivity index (χ2n) is 8.12. The van der Waals surface area contributed by atoms with Gasteiger partial charge in [-0.2, -0.15) is 0 Å². The molecule has 30 heavy (non-hydrogen) atoms. The van der Waals surface area contributed by atoms with Crippen molar-refractivity contribution >= 4 is 27.6 Å². The molecule has 4 rings (SSSR count). The first-order valence-electron chi connectivity index (χ1n) is 9.85. The topological polar surface area (TPSA) is 115 Å². The molecular weight excluding hydrogens is 402 g/mol. The monoisotopic (exact) mass is 427 g/mol. The van der Waals surface area contributed by atoms with Crippen molar-refractivity contribution in [1.82, 2.24) is 14.6 Å². The van der Waals surface area contributed by atoms with E-state index in [1.165, 1.54) is 7.05 Å². The van der Waals surface area contributed by atoms with E-state index in [-0.39, 0.29) is 11.9 Å². The summed E-state index contributed by atoms with van der Waals surface area (Å²) in [4.78, 5) is 16.8. The number of fused-ring (bicyclic) bond motifs is 3. The fourth-order valence-electron chi connectivity index (χ4n) is 4.33. The Labute approximate surface area is 176 Å². The predicted molar refractivity (Wildman–Crippen MR) is 115 cm³/mol. The number of carbonyl (C=O) groups excluding carboxylic acids is 1. The zero-order chi connectivity index (χ0) is 21.7. The summed E-state index contributed by atoms with van der Waals surface area (Å²) in [6.07, 6.45) is 3.60. The largest absolute Gasteiger partial charge is 0.345 e. The minimum atomic E-state index is -3.67. The molecule has 2 aromatic rings. The van der Waals surface area contributed by atoms with Crippen LogP contribution in [0.4, 0.5) is 5.69 Å². The van der Waals surface area contributed by atoms with Gasteiger partial charge in [0.2, 0.25) is 16.0 Å². The van der Waals surface area contributed by atoms with E-state index in [0.717, 1.165) is 33.8 Å². The third-order valence-electron chi connectivity index (χ3n) is 6.06. The Morgan fingerprint density at radius 1 is 1.33 bits per heavy atom. The number of nitrogens with zero attached hydrogens (tertiary/aromatic N) is 2. The van der Waals surface area contributed by atoms with Crippen LogP contribution >= 0.6 is 0 Å². The molecular formula is C21H25N5O3S. The number of hydrogen-bond acceptors (Lipinski definition) is 5. The fraction of sp³-hybridized carbons (Fsp3) is 0.381. The predicted octanol–water partition coefficient (Wildman–Crippen LogP) is 2.36. The van der Waals surface area contributed by atoms with Crippen LogP contribution in [-0.2, 0) is 22.0 Å². The highest BCUT2D eigenvalue weighted by Gasteiger charge is 2.52. The lowest BCUT2D eigenvalue weighted by molar-refractivity contribution is 0.102. The standard InChI is InChI=1S/C21H25N5O3S/c1-13-7-10-17(23-12-13)19(27)24-15-9-8-14-5-4-6-18-21(2,16(14)11-15)25-20(22)26(3)30(18,28)29/h7-12,18H,4-6H2,1-3H3,(H2,22,25)(H,24,27)/t18?,21-/m1/s1. The third-order valence-corrected chi connectivity index (χ3v) is 8.43. The number of aryl methyl sites for hydroxylation is 2. The molecule has 158 valence electrons. The van der Waals surface area contributed by atoms with Crippen LogP contribution in [0.2, 0.25) is 0 Å². The van der Waals surface area contributed by atoms with Crippen molar-refractivity contribution in [2.75, 3.05) is 12.4 Å². The van der Waals surface area contributed by atoms with Crippen molar-refractivity contribution in [2.24, 2.45) is 0 Å².